The fourth-order valence-corrected chi connectivity index (χ4v) is 2.07. The summed E-state index contributed by atoms with van der Waals surface area (Å²) in [4.78, 5) is 2.22. The van der Waals surface area contributed by atoms with E-state index in [4.69, 9.17) is 4.74 Å². The second kappa shape index (κ2) is 8.91. The van der Waals surface area contributed by atoms with Crippen LogP contribution < -0.4 is 10.1 Å². The third-order valence-electron chi connectivity index (χ3n) is 3.25. The fraction of sp³-hybridized carbons (Fsp3) is 0.600. The molecule has 0 amide bonds. The predicted octanol–water partition coefficient (Wildman–Crippen LogP) is 1.49. The summed E-state index contributed by atoms with van der Waals surface area (Å²) in [5.41, 5.74) is 1.11. The highest BCUT2D eigenvalue weighted by atomic mass is 16.5. The van der Waals surface area contributed by atoms with E-state index in [1.807, 2.05) is 24.3 Å². The highest BCUT2D eigenvalue weighted by Crippen LogP contribution is 2.16. The normalized spacial score (nSPS) is 12.7. The van der Waals surface area contributed by atoms with Crippen LogP contribution in [0.4, 0.5) is 0 Å². The Balaban J connectivity index is 2.33. The van der Waals surface area contributed by atoms with Crippen LogP contribution in [0.3, 0.4) is 0 Å². The lowest BCUT2D eigenvalue weighted by Gasteiger charge is -2.22. The topological polar surface area (TPSA) is 44.7 Å². The summed E-state index contributed by atoms with van der Waals surface area (Å²) < 4.78 is 5.29. The number of methoxy groups -OCH3 is 1. The first-order chi connectivity index (χ1) is 9.21. The van der Waals surface area contributed by atoms with Gasteiger partial charge in [0.25, 0.3) is 0 Å². The van der Waals surface area contributed by atoms with Gasteiger partial charge in [0.15, 0.2) is 0 Å². The Morgan fingerprint density at radius 3 is 2.58 bits per heavy atom. The number of hydrogen-bond donors (Lipinski definition) is 2. The zero-order valence-corrected chi connectivity index (χ0v) is 12.2. The monoisotopic (exact) mass is 266 g/mol. The van der Waals surface area contributed by atoms with E-state index in [1.54, 1.807) is 7.11 Å². The number of rotatable bonds is 9. The largest absolute Gasteiger partial charge is 0.496 e. The van der Waals surface area contributed by atoms with Crippen molar-refractivity contribution in [1.82, 2.24) is 10.2 Å². The van der Waals surface area contributed by atoms with Gasteiger partial charge >= 0.3 is 0 Å². The summed E-state index contributed by atoms with van der Waals surface area (Å²) in [5.74, 6) is 0.883. The van der Waals surface area contributed by atoms with Gasteiger partial charge in [-0.25, -0.2) is 0 Å². The molecule has 108 valence electrons. The van der Waals surface area contributed by atoms with E-state index in [0.717, 1.165) is 24.4 Å². The summed E-state index contributed by atoms with van der Waals surface area (Å²) in [6.07, 6.45) is -0.338. The van der Waals surface area contributed by atoms with Crippen LogP contribution in [0.2, 0.25) is 0 Å². The van der Waals surface area contributed by atoms with Crippen LogP contribution in [0.25, 0.3) is 0 Å². The summed E-state index contributed by atoms with van der Waals surface area (Å²) in [6.45, 7) is 8.18. The van der Waals surface area contributed by atoms with E-state index >= 15 is 0 Å². The molecule has 0 aliphatic rings. The van der Waals surface area contributed by atoms with E-state index < -0.39 is 0 Å². The Labute approximate surface area is 116 Å². The highest BCUT2D eigenvalue weighted by Gasteiger charge is 2.09. The van der Waals surface area contributed by atoms with E-state index in [1.165, 1.54) is 0 Å². The molecule has 0 saturated carbocycles. The summed E-state index contributed by atoms with van der Waals surface area (Å²) in [6, 6.07) is 7.93. The molecule has 1 unspecified atom stereocenters. The minimum Gasteiger partial charge on any atom is -0.496 e. The van der Waals surface area contributed by atoms with Gasteiger partial charge in [0.2, 0.25) is 0 Å². The summed E-state index contributed by atoms with van der Waals surface area (Å²) in [5, 5.41) is 13.2. The molecule has 0 spiro atoms. The molecular weight excluding hydrogens is 240 g/mol. The molecule has 0 aliphatic heterocycles. The Morgan fingerprint density at radius 2 is 1.95 bits per heavy atom. The number of nitrogens with zero attached hydrogens (tertiary/aromatic N) is 1. The Bertz CT molecular complexity index is 354. The zero-order chi connectivity index (χ0) is 14.1. The van der Waals surface area contributed by atoms with Gasteiger partial charge in [-0.15, -0.1) is 0 Å². The molecule has 1 atom stereocenters. The fourth-order valence-electron chi connectivity index (χ4n) is 2.07. The van der Waals surface area contributed by atoms with Gasteiger partial charge in [-0.2, -0.15) is 0 Å². The molecule has 1 aromatic carbocycles. The maximum absolute atomic E-state index is 9.95. The summed E-state index contributed by atoms with van der Waals surface area (Å²) >= 11 is 0. The Kier molecular flexibility index (Phi) is 7.48. The molecule has 0 aliphatic carbocycles. The number of nitrogens with one attached hydrogen (secondary N) is 1. The number of aliphatic hydroxyl groups is 1. The number of ether oxygens (including phenoxy) is 1. The maximum Gasteiger partial charge on any atom is 0.123 e. The molecule has 4 nitrogen and oxygen atoms in total. The minimum atomic E-state index is -0.338. The molecule has 19 heavy (non-hydrogen) atoms. The van der Waals surface area contributed by atoms with Gasteiger partial charge in [-0.05, 0) is 19.2 Å². The van der Waals surface area contributed by atoms with Crippen LogP contribution in [-0.4, -0.2) is 49.4 Å². The lowest BCUT2D eigenvalue weighted by Crippen LogP contribution is -2.38. The molecule has 0 fully saturated rings. The van der Waals surface area contributed by atoms with Gasteiger partial charge < -0.3 is 20.1 Å². The van der Waals surface area contributed by atoms with Crippen LogP contribution in [0, 0.1) is 0 Å². The van der Waals surface area contributed by atoms with Gasteiger partial charge in [-0.1, -0.05) is 32.0 Å². The zero-order valence-electron chi connectivity index (χ0n) is 12.2. The van der Waals surface area contributed by atoms with Crippen LogP contribution in [0.1, 0.15) is 19.4 Å². The SMILES string of the molecule is CCN(CC)CC(O)CNCc1ccccc1OC. The third kappa shape index (κ3) is 5.59. The average molecular weight is 266 g/mol. The molecule has 0 radical (unpaired) electrons. The van der Waals surface area contributed by atoms with Crippen molar-refractivity contribution in [3.8, 4) is 5.75 Å². The number of hydrogen-bond acceptors (Lipinski definition) is 4. The van der Waals surface area contributed by atoms with Crippen molar-refractivity contribution in [2.45, 2.75) is 26.5 Å². The third-order valence-corrected chi connectivity index (χ3v) is 3.25. The number of benzene rings is 1. The lowest BCUT2D eigenvalue weighted by atomic mass is 10.2. The van der Waals surface area contributed by atoms with Crippen molar-refractivity contribution in [2.24, 2.45) is 0 Å². The molecule has 1 rings (SSSR count). The predicted molar refractivity (Wildman–Crippen MR) is 78.5 cm³/mol. The second-order valence-electron chi connectivity index (χ2n) is 4.58. The first kappa shape index (κ1) is 16.0. The minimum absolute atomic E-state index is 0.338. The van der Waals surface area contributed by atoms with E-state index in [0.29, 0.717) is 19.6 Å². The Morgan fingerprint density at radius 1 is 1.26 bits per heavy atom. The molecule has 0 saturated heterocycles. The molecular formula is C15H26N2O2. The smallest absolute Gasteiger partial charge is 0.123 e. The quantitative estimate of drug-likeness (QED) is 0.711. The molecule has 1 aromatic rings. The van der Waals surface area contributed by atoms with Crippen molar-refractivity contribution in [1.29, 1.82) is 0 Å². The molecule has 4 heteroatoms. The van der Waals surface area contributed by atoms with Gasteiger partial charge in [0, 0.05) is 25.2 Å². The van der Waals surface area contributed by atoms with Gasteiger partial charge in [0.05, 0.1) is 13.2 Å². The number of likely N-dealkylation sites (N-methyl/N-ethyl adjacent to an activating group) is 1. The molecule has 0 aromatic heterocycles. The summed E-state index contributed by atoms with van der Waals surface area (Å²) in [7, 11) is 1.67. The first-order valence-electron chi connectivity index (χ1n) is 6.94. The molecule has 0 bridgehead atoms. The number of para-hydroxylation sites is 1. The molecule has 0 heterocycles. The standard InChI is InChI=1S/C15H26N2O2/c1-4-17(5-2)12-14(18)11-16-10-13-8-6-7-9-15(13)19-3/h6-9,14,16,18H,4-5,10-12H2,1-3H3. The van der Waals surface area contributed by atoms with E-state index in [-0.39, 0.29) is 6.10 Å². The van der Waals surface area contributed by atoms with Crippen LogP contribution in [0.5, 0.6) is 5.75 Å². The number of aliphatic hydroxyl groups excluding tert-OH is 1. The highest BCUT2D eigenvalue weighted by molar-refractivity contribution is 5.32. The van der Waals surface area contributed by atoms with Crippen molar-refractivity contribution in [3.63, 3.8) is 0 Å². The lowest BCUT2D eigenvalue weighted by molar-refractivity contribution is 0.116. The van der Waals surface area contributed by atoms with Crippen molar-refractivity contribution < 1.29 is 9.84 Å². The maximum atomic E-state index is 9.95. The van der Waals surface area contributed by atoms with Crippen LogP contribution >= 0.6 is 0 Å². The van der Waals surface area contributed by atoms with Crippen molar-refractivity contribution in [2.75, 3.05) is 33.3 Å². The first-order valence-corrected chi connectivity index (χ1v) is 6.94. The Hall–Kier alpha value is -1.10. The van der Waals surface area contributed by atoms with Gasteiger partial charge in [-0.3, -0.25) is 0 Å². The van der Waals surface area contributed by atoms with E-state index in [9.17, 15) is 5.11 Å². The molecule has 2 N–H and O–H groups in total. The van der Waals surface area contributed by atoms with Crippen LogP contribution in [-0.2, 0) is 6.54 Å². The van der Waals surface area contributed by atoms with E-state index in [2.05, 4.69) is 24.1 Å². The second-order valence-corrected chi connectivity index (χ2v) is 4.58. The van der Waals surface area contributed by atoms with Crippen molar-refractivity contribution >= 4 is 0 Å². The average Bonchev–Trinajstić information content (AvgIpc) is 2.45. The van der Waals surface area contributed by atoms with Crippen LogP contribution in [0.15, 0.2) is 24.3 Å². The van der Waals surface area contributed by atoms with Crippen molar-refractivity contribution in [3.05, 3.63) is 29.8 Å². The van der Waals surface area contributed by atoms with Gasteiger partial charge in [0.1, 0.15) is 5.75 Å².